The fraction of sp³-hybridized carbons (Fsp3) is 0.167. The van der Waals surface area contributed by atoms with Crippen molar-refractivity contribution in [3.05, 3.63) is 57.3 Å². The number of carbonyl (C=O) groups excluding carboxylic acids is 1. The lowest BCUT2D eigenvalue weighted by Crippen LogP contribution is -2.15. The molecule has 0 atom stereocenters. The van der Waals surface area contributed by atoms with Crippen LogP contribution in [0.5, 0.6) is 5.75 Å². The van der Waals surface area contributed by atoms with Gasteiger partial charge in [0.15, 0.2) is 0 Å². The van der Waals surface area contributed by atoms with Crippen molar-refractivity contribution in [2.24, 2.45) is 0 Å². The van der Waals surface area contributed by atoms with Crippen LogP contribution in [-0.4, -0.2) is 18.0 Å². The number of aromatic amines is 1. The summed E-state index contributed by atoms with van der Waals surface area (Å²) in [6.45, 7) is 1.99. The van der Waals surface area contributed by atoms with E-state index >= 15 is 0 Å². The second-order valence-electron chi connectivity index (χ2n) is 5.41. The summed E-state index contributed by atoms with van der Waals surface area (Å²) in [7, 11) is 1.64. The zero-order chi connectivity index (χ0) is 16.4. The van der Waals surface area contributed by atoms with E-state index in [9.17, 15) is 4.79 Å². The standard InChI is InChI=1S/C18H17IN2O2/c1-11-7-13(19)3-5-16(11)21-18(22)8-12-10-20-17-6-4-14(23-2)9-15(12)17/h3-7,9-10,20H,8H2,1-2H3,(H,21,22). The maximum atomic E-state index is 12.4. The third-order valence-corrected chi connectivity index (χ3v) is 4.46. The van der Waals surface area contributed by atoms with Crippen LogP contribution in [0.1, 0.15) is 11.1 Å². The van der Waals surface area contributed by atoms with Gasteiger partial charge in [-0.25, -0.2) is 0 Å². The lowest BCUT2D eigenvalue weighted by Gasteiger charge is -2.08. The molecule has 0 saturated heterocycles. The molecule has 3 aromatic rings. The smallest absolute Gasteiger partial charge is 0.228 e. The number of nitrogens with one attached hydrogen (secondary N) is 2. The lowest BCUT2D eigenvalue weighted by atomic mass is 10.1. The molecule has 0 spiro atoms. The average Bonchev–Trinajstić information content (AvgIpc) is 2.92. The van der Waals surface area contributed by atoms with Gasteiger partial charge >= 0.3 is 0 Å². The molecule has 3 rings (SSSR count). The summed E-state index contributed by atoms with van der Waals surface area (Å²) < 4.78 is 6.41. The van der Waals surface area contributed by atoms with Gasteiger partial charge in [-0.15, -0.1) is 0 Å². The highest BCUT2D eigenvalue weighted by molar-refractivity contribution is 14.1. The summed E-state index contributed by atoms with van der Waals surface area (Å²) >= 11 is 2.26. The number of anilines is 1. The number of rotatable bonds is 4. The molecule has 1 heterocycles. The van der Waals surface area contributed by atoms with Gasteiger partial charge in [-0.05, 0) is 77.0 Å². The zero-order valence-corrected chi connectivity index (χ0v) is 15.1. The first kappa shape index (κ1) is 15.9. The Morgan fingerprint density at radius 2 is 2.09 bits per heavy atom. The molecule has 1 aromatic heterocycles. The van der Waals surface area contributed by atoms with E-state index in [0.29, 0.717) is 6.42 Å². The van der Waals surface area contributed by atoms with Crippen LogP contribution in [-0.2, 0) is 11.2 Å². The Kier molecular flexibility index (Phi) is 4.56. The molecule has 2 N–H and O–H groups in total. The maximum Gasteiger partial charge on any atom is 0.228 e. The molecule has 0 aliphatic carbocycles. The molecule has 0 aliphatic rings. The number of benzene rings is 2. The summed E-state index contributed by atoms with van der Waals surface area (Å²) in [5.74, 6) is 0.755. The molecular weight excluding hydrogens is 403 g/mol. The molecule has 0 bridgehead atoms. The van der Waals surface area contributed by atoms with E-state index < -0.39 is 0 Å². The van der Waals surface area contributed by atoms with Crippen molar-refractivity contribution in [2.45, 2.75) is 13.3 Å². The predicted molar refractivity (Wildman–Crippen MR) is 101 cm³/mol. The van der Waals surface area contributed by atoms with E-state index in [0.717, 1.165) is 37.0 Å². The molecule has 118 valence electrons. The molecule has 0 aliphatic heterocycles. The van der Waals surface area contributed by atoms with Crippen molar-refractivity contribution in [3.63, 3.8) is 0 Å². The van der Waals surface area contributed by atoms with Crippen molar-refractivity contribution >= 4 is 45.1 Å². The average molecular weight is 420 g/mol. The highest BCUT2D eigenvalue weighted by Gasteiger charge is 2.11. The Balaban J connectivity index is 1.80. The molecular formula is C18H17IN2O2. The minimum Gasteiger partial charge on any atom is -0.497 e. The Morgan fingerprint density at radius 3 is 2.83 bits per heavy atom. The van der Waals surface area contributed by atoms with Crippen LogP contribution in [0.4, 0.5) is 5.69 Å². The van der Waals surface area contributed by atoms with Gasteiger partial charge in [0.05, 0.1) is 13.5 Å². The number of ether oxygens (including phenoxy) is 1. The lowest BCUT2D eigenvalue weighted by molar-refractivity contribution is -0.115. The van der Waals surface area contributed by atoms with Crippen LogP contribution >= 0.6 is 22.6 Å². The van der Waals surface area contributed by atoms with Gasteiger partial charge < -0.3 is 15.0 Å². The quantitative estimate of drug-likeness (QED) is 0.620. The third-order valence-electron chi connectivity index (χ3n) is 3.79. The zero-order valence-electron chi connectivity index (χ0n) is 12.9. The van der Waals surface area contributed by atoms with Crippen molar-refractivity contribution in [3.8, 4) is 5.75 Å². The first-order valence-corrected chi connectivity index (χ1v) is 8.34. The fourth-order valence-corrected chi connectivity index (χ4v) is 3.21. The molecule has 0 radical (unpaired) electrons. The summed E-state index contributed by atoms with van der Waals surface area (Å²) in [6.07, 6.45) is 2.20. The van der Waals surface area contributed by atoms with Gasteiger partial charge in [0, 0.05) is 26.4 Å². The Bertz CT molecular complexity index is 871. The second-order valence-corrected chi connectivity index (χ2v) is 6.66. The summed E-state index contributed by atoms with van der Waals surface area (Å²) in [6, 6.07) is 11.8. The van der Waals surface area contributed by atoms with Crippen LogP contribution in [0.15, 0.2) is 42.6 Å². The van der Waals surface area contributed by atoms with Crippen LogP contribution in [0.25, 0.3) is 10.9 Å². The van der Waals surface area contributed by atoms with Gasteiger partial charge in [-0.2, -0.15) is 0 Å². The van der Waals surface area contributed by atoms with Crippen molar-refractivity contribution in [2.75, 3.05) is 12.4 Å². The summed E-state index contributed by atoms with van der Waals surface area (Å²) in [4.78, 5) is 15.5. The third kappa shape index (κ3) is 3.50. The monoisotopic (exact) mass is 420 g/mol. The molecule has 5 heteroatoms. The van der Waals surface area contributed by atoms with E-state index in [1.54, 1.807) is 7.11 Å². The van der Waals surface area contributed by atoms with E-state index in [4.69, 9.17) is 4.74 Å². The molecule has 1 amide bonds. The number of hydrogen-bond acceptors (Lipinski definition) is 2. The molecule has 4 nitrogen and oxygen atoms in total. The summed E-state index contributed by atoms with van der Waals surface area (Å²) in [5, 5.41) is 3.99. The fourth-order valence-electron chi connectivity index (χ4n) is 2.57. The highest BCUT2D eigenvalue weighted by atomic mass is 127. The molecule has 0 unspecified atom stereocenters. The number of fused-ring (bicyclic) bond motifs is 1. The number of aryl methyl sites for hydroxylation is 1. The molecule has 23 heavy (non-hydrogen) atoms. The first-order valence-electron chi connectivity index (χ1n) is 7.27. The molecule has 0 saturated carbocycles. The van der Waals surface area contributed by atoms with Crippen LogP contribution < -0.4 is 10.1 Å². The van der Waals surface area contributed by atoms with Crippen molar-refractivity contribution in [1.29, 1.82) is 0 Å². The van der Waals surface area contributed by atoms with Crippen LogP contribution in [0.3, 0.4) is 0 Å². The van der Waals surface area contributed by atoms with E-state index in [1.807, 2.05) is 49.5 Å². The van der Waals surface area contributed by atoms with Gasteiger partial charge in [-0.3, -0.25) is 4.79 Å². The van der Waals surface area contributed by atoms with Crippen molar-refractivity contribution < 1.29 is 9.53 Å². The van der Waals surface area contributed by atoms with Gasteiger partial charge in [0.25, 0.3) is 0 Å². The summed E-state index contributed by atoms with van der Waals surface area (Å²) in [5.41, 5.74) is 3.87. The predicted octanol–water partition coefficient (Wildman–Crippen LogP) is 4.27. The second kappa shape index (κ2) is 6.62. The molecule has 2 aromatic carbocycles. The topological polar surface area (TPSA) is 54.1 Å². The Morgan fingerprint density at radius 1 is 1.26 bits per heavy atom. The number of hydrogen-bond donors (Lipinski definition) is 2. The number of amides is 1. The number of H-pyrrole nitrogens is 1. The van der Waals surface area contributed by atoms with Crippen molar-refractivity contribution in [1.82, 2.24) is 4.98 Å². The van der Waals surface area contributed by atoms with Gasteiger partial charge in [0.1, 0.15) is 5.75 Å². The minimum absolute atomic E-state index is 0.0296. The van der Waals surface area contributed by atoms with Crippen LogP contribution in [0.2, 0.25) is 0 Å². The van der Waals surface area contributed by atoms with Gasteiger partial charge in [0.2, 0.25) is 5.91 Å². The Labute approximate surface area is 148 Å². The minimum atomic E-state index is -0.0296. The normalized spacial score (nSPS) is 10.7. The number of halogens is 1. The maximum absolute atomic E-state index is 12.4. The van der Waals surface area contributed by atoms with E-state index in [-0.39, 0.29) is 5.91 Å². The highest BCUT2D eigenvalue weighted by Crippen LogP contribution is 2.24. The van der Waals surface area contributed by atoms with E-state index in [2.05, 4.69) is 32.9 Å². The molecule has 0 fully saturated rings. The van der Waals surface area contributed by atoms with E-state index in [1.165, 1.54) is 0 Å². The van der Waals surface area contributed by atoms with Gasteiger partial charge in [-0.1, -0.05) is 0 Å². The first-order chi connectivity index (χ1) is 11.1. The number of carbonyl (C=O) groups is 1. The number of aromatic nitrogens is 1. The SMILES string of the molecule is COc1ccc2[nH]cc(CC(=O)Nc3ccc(I)cc3C)c2c1. The largest absolute Gasteiger partial charge is 0.497 e. The van der Waals surface area contributed by atoms with Crippen LogP contribution in [0, 0.1) is 10.5 Å². The Hall–Kier alpha value is -2.02. The number of methoxy groups -OCH3 is 1.